The zero-order valence-electron chi connectivity index (χ0n) is 8.35. The summed E-state index contributed by atoms with van der Waals surface area (Å²) >= 11 is 7.13. The van der Waals surface area contributed by atoms with E-state index < -0.39 is 0 Å². The molecular weight excluding hydrogens is 220 g/mol. The lowest BCUT2D eigenvalue weighted by Crippen LogP contribution is -1.98. The van der Waals surface area contributed by atoms with Crippen LogP contribution in [0.25, 0.3) is 0 Å². The molecule has 0 aromatic heterocycles. The van der Waals surface area contributed by atoms with Crippen molar-refractivity contribution in [3.05, 3.63) is 59.0 Å². The van der Waals surface area contributed by atoms with Crippen molar-refractivity contribution in [1.29, 1.82) is 0 Å². The highest BCUT2D eigenvalue weighted by Crippen LogP contribution is 2.26. The Labute approximate surface area is 100 Å². The zero-order valence-corrected chi connectivity index (χ0v) is 9.98. The van der Waals surface area contributed by atoms with Crippen LogP contribution in [0.3, 0.4) is 0 Å². The van der Waals surface area contributed by atoms with Gasteiger partial charge >= 0.3 is 0 Å². The molecule has 1 aromatic rings. The predicted molar refractivity (Wildman–Crippen MR) is 72.2 cm³/mol. The summed E-state index contributed by atoms with van der Waals surface area (Å²) < 4.78 is 0. The minimum atomic E-state index is 0.920. The largest absolute Gasteiger partial charge is 0.120 e. The number of thiocarbonyl (C=S) groups is 1. The van der Waals surface area contributed by atoms with Crippen LogP contribution < -0.4 is 0 Å². The van der Waals surface area contributed by atoms with Crippen molar-refractivity contribution in [3.8, 4) is 0 Å². The van der Waals surface area contributed by atoms with Gasteiger partial charge in [0.1, 0.15) is 0 Å². The quantitative estimate of drug-likeness (QED) is 0.719. The number of allylic oxidation sites excluding steroid dienone is 4. The molecule has 76 valence electrons. The maximum absolute atomic E-state index is 5.30. The monoisotopic (exact) mass is 232 g/mol. The van der Waals surface area contributed by atoms with Gasteiger partial charge in [-0.15, -0.1) is 11.8 Å². The lowest BCUT2D eigenvalue weighted by atomic mass is 10.2. The first-order valence-electron chi connectivity index (χ1n) is 4.93. The van der Waals surface area contributed by atoms with Crippen LogP contribution in [0.5, 0.6) is 0 Å². The molecule has 0 amide bonds. The summed E-state index contributed by atoms with van der Waals surface area (Å²) in [4.78, 5) is 2.31. The minimum absolute atomic E-state index is 0.920. The van der Waals surface area contributed by atoms with Crippen molar-refractivity contribution >= 4 is 28.8 Å². The van der Waals surface area contributed by atoms with Gasteiger partial charge in [-0.3, -0.25) is 0 Å². The summed E-state index contributed by atoms with van der Waals surface area (Å²) in [6, 6.07) is 10.5. The SMILES string of the molecule is S=C1CC=CC=C1SCc1ccccc1. The fourth-order valence-electron chi connectivity index (χ4n) is 1.39. The van der Waals surface area contributed by atoms with Crippen LogP contribution in [0.4, 0.5) is 0 Å². The molecule has 15 heavy (non-hydrogen) atoms. The normalized spacial score (nSPS) is 15.2. The van der Waals surface area contributed by atoms with Crippen molar-refractivity contribution in [2.24, 2.45) is 0 Å². The fourth-order valence-corrected chi connectivity index (χ4v) is 2.66. The lowest BCUT2D eigenvalue weighted by Gasteiger charge is -2.09. The Morgan fingerprint density at radius 3 is 2.73 bits per heavy atom. The molecule has 1 aromatic carbocycles. The van der Waals surface area contributed by atoms with E-state index in [1.165, 1.54) is 10.5 Å². The van der Waals surface area contributed by atoms with Crippen LogP contribution in [0, 0.1) is 0 Å². The van der Waals surface area contributed by atoms with E-state index in [4.69, 9.17) is 12.2 Å². The van der Waals surface area contributed by atoms with Gasteiger partial charge in [-0.05, 0) is 11.6 Å². The summed E-state index contributed by atoms with van der Waals surface area (Å²) in [7, 11) is 0. The Morgan fingerprint density at radius 2 is 2.00 bits per heavy atom. The average molecular weight is 232 g/mol. The van der Waals surface area contributed by atoms with Gasteiger partial charge in [0.2, 0.25) is 0 Å². The number of hydrogen-bond acceptors (Lipinski definition) is 2. The number of rotatable bonds is 3. The molecule has 0 radical (unpaired) electrons. The van der Waals surface area contributed by atoms with Crippen molar-refractivity contribution in [2.75, 3.05) is 0 Å². The third kappa shape index (κ3) is 3.05. The Balaban J connectivity index is 1.96. The molecule has 0 unspecified atom stereocenters. The molecule has 2 rings (SSSR count). The maximum Gasteiger partial charge on any atom is 0.0325 e. The average Bonchev–Trinajstić information content (AvgIpc) is 2.29. The zero-order chi connectivity index (χ0) is 10.5. The van der Waals surface area contributed by atoms with E-state index in [1.54, 1.807) is 0 Å². The first-order valence-corrected chi connectivity index (χ1v) is 6.32. The molecule has 0 fully saturated rings. The summed E-state index contributed by atoms with van der Waals surface area (Å²) in [6.07, 6.45) is 7.22. The van der Waals surface area contributed by atoms with Gasteiger partial charge in [-0.25, -0.2) is 0 Å². The predicted octanol–water partition coefficient (Wildman–Crippen LogP) is 4.13. The van der Waals surface area contributed by atoms with Gasteiger partial charge in [0.25, 0.3) is 0 Å². The molecule has 0 bridgehead atoms. The first-order chi connectivity index (χ1) is 7.36. The highest BCUT2D eigenvalue weighted by atomic mass is 32.2. The van der Waals surface area contributed by atoms with E-state index in [0.29, 0.717) is 0 Å². The van der Waals surface area contributed by atoms with Crippen molar-refractivity contribution in [1.82, 2.24) is 0 Å². The molecule has 0 saturated heterocycles. The molecule has 0 heterocycles. The summed E-state index contributed by atoms with van der Waals surface area (Å²) in [6.45, 7) is 0. The van der Waals surface area contributed by atoms with Crippen molar-refractivity contribution < 1.29 is 0 Å². The Bertz CT molecular complexity index is 402. The van der Waals surface area contributed by atoms with Crippen LogP contribution in [0.1, 0.15) is 12.0 Å². The van der Waals surface area contributed by atoms with E-state index in [-0.39, 0.29) is 0 Å². The van der Waals surface area contributed by atoms with Gasteiger partial charge in [0.05, 0.1) is 0 Å². The number of thioether (sulfide) groups is 1. The Kier molecular flexibility index (Phi) is 3.75. The molecule has 1 aliphatic carbocycles. The minimum Gasteiger partial charge on any atom is -0.120 e. The molecule has 1 aliphatic rings. The smallest absolute Gasteiger partial charge is 0.0325 e. The maximum atomic E-state index is 5.30. The number of benzene rings is 1. The van der Waals surface area contributed by atoms with E-state index in [0.717, 1.165) is 17.0 Å². The molecule has 0 atom stereocenters. The second kappa shape index (κ2) is 5.29. The Morgan fingerprint density at radius 1 is 1.20 bits per heavy atom. The van der Waals surface area contributed by atoms with Crippen LogP contribution in [-0.4, -0.2) is 4.86 Å². The van der Waals surface area contributed by atoms with Crippen LogP contribution in [-0.2, 0) is 5.75 Å². The highest BCUT2D eigenvalue weighted by molar-refractivity contribution is 8.04. The summed E-state index contributed by atoms with van der Waals surface area (Å²) in [5.74, 6) is 1.00. The van der Waals surface area contributed by atoms with Gasteiger partial charge in [0.15, 0.2) is 0 Å². The third-order valence-corrected chi connectivity index (χ3v) is 3.89. The second-order valence-corrected chi connectivity index (χ2v) is 4.87. The molecule has 0 N–H and O–H groups in total. The van der Waals surface area contributed by atoms with Crippen molar-refractivity contribution in [2.45, 2.75) is 12.2 Å². The lowest BCUT2D eigenvalue weighted by molar-refractivity contribution is 1.42. The van der Waals surface area contributed by atoms with Crippen LogP contribution in [0.15, 0.2) is 53.5 Å². The molecule has 0 spiro atoms. The molecule has 0 aliphatic heterocycles. The third-order valence-electron chi connectivity index (χ3n) is 2.20. The summed E-state index contributed by atoms with van der Waals surface area (Å²) in [5, 5.41) is 0. The Hall–Kier alpha value is -0.860. The first kappa shape index (κ1) is 10.7. The van der Waals surface area contributed by atoms with E-state index >= 15 is 0 Å². The summed E-state index contributed by atoms with van der Waals surface area (Å²) in [5.41, 5.74) is 1.35. The van der Waals surface area contributed by atoms with E-state index in [9.17, 15) is 0 Å². The van der Waals surface area contributed by atoms with Gasteiger partial charge in [-0.1, -0.05) is 54.7 Å². The topological polar surface area (TPSA) is 0 Å². The van der Waals surface area contributed by atoms with E-state index in [1.807, 2.05) is 17.8 Å². The molecular formula is C13H12S2. The molecule has 0 nitrogen and oxygen atoms in total. The van der Waals surface area contributed by atoms with E-state index in [2.05, 4.69) is 42.5 Å². The number of hydrogen-bond donors (Lipinski definition) is 0. The second-order valence-electron chi connectivity index (χ2n) is 3.36. The molecule has 0 saturated carbocycles. The standard InChI is InChI=1S/C13H12S2/c14-12-8-4-5-9-13(12)15-10-11-6-2-1-3-7-11/h1-7,9H,8,10H2. The van der Waals surface area contributed by atoms with Gasteiger partial charge in [-0.2, -0.15) is 0 Å². The fraction of sp³-hybridized carbons (Fsp3) is 0.154. The van der Waals surface area contributed by atoms with Gasteiger partial charge in [0, 0.05) is 21.9 Å². The highest BCUT2D eigenvalue weighted by Gasteiger charge is 2.06. The molecule has 2 heteroatoms. The van der Waals surface area contributed by atoms with Gasteiger partial charge < -0.3 is 0 Å². The van der Waals surface area contributed by atoms with Crippen LogP contribution >= 0.6 is 24.0 Å². The van der Waals surface area contributed by atoms with Crippen LogP contribution in [0.2, 0.25) is 0 Å². The van der Waals surface area contributed by atoms with Crippen molar-refractivity contribution in [3.63, 3.8) is 0 Å².